The van der Waals surface area contributed by atoms with E-state index in [0.29, 0.717) is 12.1 Å². The first-order chi connectivity index (χ1) is 9.86. The zero-order valence-electron chi connectivity index (χ0n) is 11.7. The van der Waals surface area contributed by atoms with Crippen molar-refractivity contribution < 1.29 is 4.74 Å². The van der Waals surface area contributed by atoms with Gasteiger partial charge in [0.1, 0.15) is 5.01 Å². The Balaban J connectivity index is 1.72. The van der Waals surface area contributed by atoms with E-state index in [1.54, 1.807) is 11.3 Å². The predicted molar refractivity (Wildman–Crippen MR) is 81.9 cm³/mol. The number of methoxy groups -OCH3 is 1. The maximum atomic E-state index is 5.69. The summed E-state index contributed by atoms with van der Waals surface area (Å²) in [6, 6.07) is 11.1. The molecule has 0 unspecified atom stereocenters. The van der Waals surface area contributed by atoms with Crippen LogP contribution in [-0.2, 0) is 17.7 Å². The van der Waals surface area contributed by atoms with Crippen LogP contribution in [-0.4, -0.2) is 35.7 Å². The molecule has 0 amide bonds. The molecule has 3 rings (SSSR count). The number of likely N-dealkylation sites (tertiary alicyclic amines) is 1. The Morgan fingerprint density at radius 3 is 2.90 bits per heavy atom. The molecule has 1 fully saturated rings. The summed E-state index contributed by atoms with van der Waals surface area (Å²) in [4.78, 5) is 6.92. The smallest absolute Gasteiger partial charge is 0.107 e. The van der Waals surface area contributed by atoms with E-state index in [0.717, 1.165) is 25.9 Å². The maximum absolute atomic E-state index is 5.69. The van der Waals surface area contributed by atoms with E-state index in [1.807, 2.05) is 18.7 Å². The fourth-order valence-corrected chi connectivity index (χ4v) is 3.62. The molecule has 0 radical (unpaired) electrons. The Kier molecular flexibility index (Phi) is 4.45. The van der Waals surface area contributed by atoms with E-state index >= 15 is 0 Å². The van der Waals surface area contributed by atoms with Crippen LogP contribution in [0.1, 0.15) is 17.0 Å². The number of hydrogen-bond acceptors (Lipinski definition) is 4. The fraction of sp³-hybridized carbons (Fsp3) is 0.438. The Labute approximate surface area is 124 Å². The molecule has 0 aliphatic carbocycles. The van der Waals surface area contributed by atoms with E-state index < -0.39 is 0 Å². The average molecular weight is 288 g/mol. The van der Waals surface area contributed by atoms with Gasteiger partial charge in [-0.1, -0.05) is 30.3 Å². The summed E-state index contributed by atoms with van der Waals surface area (Å²) in [5.41, 5.74) is 1.38. The zero-order chi connectivity index (χ0) is 13.8. The van der Waals surface area contributed by atoms with Crippen LogP contribution in [0.3, 0.4) is 0 Å². The van der Waals surface area contributed by atoms with Crippen molar-refractivity contribution in [2.75, 3.05) is 13.7 Å². The third-order valence-electron chi connectivity index (χ3n) is 4.01. The minimum absolute atomic E-state index is 0.329. The van der Waals surface area contributed by atoms with Crippen LogP contribution in [0.5, 0.6) is 0 Å². The van der Waals surface area contributed by atoms with Crippen molar-refractivity contribution in [3.8, 4) is 0 Å². The van der Waals surface area contributed by atoms with Crippen LogP contribution in [0.2, 0.25) is 0 Å². The van der Waals surface area contributed by atoms with E-state index in [9.17, 15) is 0 Å². The Bertz CT molecular complexity index is 515. The number of hydrogen-bond donors (Lipinski definition) is 0. The minimum atomic E-state index is 0.329. The lowest BCUT2D eigenvalue weighted by atomic mass is 10.0. The number of benzene rings is 1. The summed E-state index contributed by atoms with van der Waals surface area (Å²) in [6.07, 6.45) is 4.37. The zero-order valence-corrected chi connectivity index (χ0v) is 12.6. The first kappa shape index (κ1) is 13.7. The minimum Gasteiger partial charge on any atom is -0.380 e. The van der Waals surface area contributed by atoms with Gasteiger partial charge in [-0.15, -0.1) is 11.3 Å². The summed E-state index contributed by atoms with van der Waals surface area (Å²) in [6.45, 7) is 2.03. The lowest BCUT2D eigenvalue weighted by Gasteiger charge is -2.27. The number of ether oxygens (including phenoxy) is 1. The van der Waals surface area contributed by atoms with E-state index in [4.69, 9.17) is 4.74 Å². The van der Waals surface area contributed by atoms with Crippen molar-refractivity contribution in [3.05, 3.63) is 52.5 Å². The average Bonchev–Trinajstić information content (AvgIpc) is 3.11. The summed E-state index contributed by atoms with van der Waals surface area (Å²) in [5, 5.41) is 3.24. The molecule has 2 atom stereocenters. The van der Waals surface area contributed by atoms with Gasteiger partial charge in [0.2, 0.25) is 0 Å². The summed E-state index contributed by atoms with van der Waals surface area (Å²) in [5.74, 6) is 0. The second-order valence-corrected chi connectivity index (χ2v) is 6.20. The highest BCUT2D eigenvalue weighted by Crippen LogP contribution is 2.26. The first-order valence-corrected chi connectivity index (χ1v) is 7.94. The van der Waals surface area contributed by atoms with Gasteiger partial charge in [-0.05, 0) is 18.4 Å². The van der Waals surface area contributed by atoms with Crippen LogP contribution in [0.15, 0.2) is 41.9 Å². The molecular formula is C16H20N2OS. The highest BCUT2D eigenvalue weighted by molar-refractivity contribution is 7.09. The topological polar surface area (TPSA) is 25.4 Å². The molecule has 0 N–H and O–H groups in total. The monoisotopic (exact) mass is 288 g/mol. The van der Waals surface area contributed by atoms with Crippen LogP contribution >= 0.6 is 11.3 Å². The highest BCUT2D eigenvalue weighted by atomic mass is 32.1. The molecule has 2 heterocycles. The van der Waals surface area contributed by atoms with Crippen molar-refractivity contribution in [1.29, 1.82) is 0 Å². The molecule has 0 spiro atoms. The van der Waals surface area contributed by atoms with Gasteiger partial charge in [-0.2, -0.15) is 0 Å². The first-order valence-electron chi connectivity index (χ1n) is 7.06. The van der Waals surface area contributed by atoms with Gasteiger partial charge in [-0.3, -0.25) is 4.90 Å². The highest BCUT2D eigenvalue weighted by Gasteiger charge is 2.34. The van der Waals surface area contributed by atoms with E-state index in [2.05, 4.69) is 40.2 Å². The number of aromatic nitrogens is 1. The van der Waals surface area contributed by atoms with Crippen molar-refractivity contribution in [2.24, 2.45) is 0 Å². The molecule has 1 aromatic carbocycles. The van der Waals surface area contributed by atoms with Gasteiger partial charge in [0, 0.05) is 31.3 Å². The van der Waals surface area contributed by atoms with Gasteiger partial charge in [0.15, 0.2) is 0 Å². The Morgan fingerprint density at radius 2 is 2.20 bits per heavy atom. The van der Waals surface area contributed by atoms with Gasteiger partial charge in [0.25, 0.3) is 0 Å². The lowest BCUT2D eigenvalue weighted by molar-refractivity contribution is 0.0638. The molecule has 0 bridgehead atoms. The van der Waals surface area contributed by atoms with E-state index in [-0.39, 0.29) is 0 Å². The standard InChI is InChI=1S/C16H20N2OS/c1-19-15-7-9-18(12-16-17-8-10-20-16)14(15)11-13-5-3-2-4-6-13/h2-6,8,10,14-15H,7,9,11-12H2,1H3/t14-,15-/m0/s1. The quantitative estimate of drug-likeness (QED) is 0.846. The Morgan fingerprint density at radius 1 is 1.35 bits per heavy atom. The van der Waals surface area contributed by atoms with Crippen molar-refractivity contribution in [3.63, 3.8) is 0 Å². The lowest BCUT2D eigenvalue weighted by Crippen LogP contribution is -2.37. The molecule has 1 aromatic heterocycles. The van der Waals surface area contributed by atoms with Crippen LogP contribution in [0, 0.1) is 0 Å². The number of nitrogens with zero attached hydrogens (tertiary/aromatic N) is 2. The number of rotatable bonds is 5. The van der Waals surface area contributed by atoms with Crippen LogP contribution in [0.4, 0.5) is 0 Å². The summed E-state index contributed by atoms with van der Waals surface area (Å²) >= 11 is 1.73. The molecule has 1 saturated heterocycles. The molecule has 2 aromatic rings. The largest absolute Gasteiger partial charge is 0.380 e. The second-order valence-electron chi connectivity index (χ2n) is 5.22. The SMILES string of the molecule is CO[C@H]1CCN(Cc2nccs2)[C@H]1Cc1ccccc1. The molecule has 106 valence electrons. The van der Waals surface area contributed by atoms with Crippen molar-refractivity contribution in [2.45, 2.75) is 31.5 Å². The summed E-state index contributed by atoms with van der Waals surface area (Å²) < 4.78 is 5.69. The maximum Gasteiger partial charge on any atom is 0.107 e. The van der Waals surface area contributed by atoms with Gasteiger partial charge < -0.3 is 4.74 Å². The molecule has 1 aliphatic rings. The van der Waals surface area contributed by atoms with Crippen LogP contribution in [0.25, 0.3) is 0 Å². The van der Waals surface area contributed by atoms with Crippen LogP contribution < -0.4 is 0 Å². The predicted octanol–water partition coefficient (Wildman–Crippen LogP) is 2.98. The molecular weight excluding hydrogens is 268 g/mol. The Hall–Kier alpha value is -1.23. The molecule has 4 heteroatoms. The summed E-state index contributed by atoms with van der Waals surface area (Å²) in [7, 11) is 1.83. The van der Waals surface area contributed by atoms with Crippen molar-refractivity contribution in [1.82, 2.24) is 9.88 Å². The second kappa shape index (κ2) is 6.48. The molecule has 1 aliphatic heterocycles. The number of thiazole rings is 1. The van der Waals surface area contributed by atoms with Gasteiger partial charge in [0.05, 0.1) is 12.6 Å². The normalized spacial score (nSPS) is 23.2. The fourth-order valence-electron chi connectivity index (χ4n) is 2.98. The van der Waals surface area contributed by atoms with Gasteiger partial charge in [-0.25, -0.2) is 4.98 Å². The van der Waals surface area contributed by atoms with E-state index in [1.165, 1.54) is 10.6 Å². The third-order valence-corrected chi connectivity index (χ3v) is 4.78. The van der Waals surface area contributed by atoms with Gasteiger partial charge >= 0.3 is 0 Å². The molecule has 20 heavy (non-hydrogen) atoms. The molecule has 3 nitrogen and oxygen atoms in total. The third kappa shape index (κ3) is 3.08. The molecule has 0 saturated carbocycles. The van der Waals surface area contributed by atoms with Crippen molar-refractivity contribution >= 4 is 11.3 Å².